The first-order valence-electron chi connectivity index (χ1n) is 6.26. The molecule has 0 aliphatic rings. The first-order valence-corrected chi connectivity index (χ1v) is 6.26. The van der Waals surface area contributed by atoms with Crippen molar-refractivity contribution in [1.82, 2.24) is 5.32 Å². The number of aryl methyl sites for hydroxylation is 3. The third-order valence-corrected chi connectivity index (χ3v) is 2.86. The van der Waals surface area contributed by atoms with Gasteiger partial charge < -0.3 is 5.32 Å². The number of benzene rings is 1. The van der Waals surface area contributed by atoms with Crippen molar-refractivity contribution in [3.8, 4) is 0 Å². The topological polar surface area (TPSA) is 29.1 Å². The van der Waals surface area contributed by atoms with Gasteiger partial charge in [-0.1, -0.05) is 31.5 Å². The monoisotopic (exact) mass is 233 g/mol. The Labute approximate surface area is 104 Å². The molecule has 2 heteroatoms. The van der Waals surface area contributed by atoms with Gasteiger partial charge >= 0.3 is 0 Å². The largest absolute Gasteiger partial charge is 0.314 e. The summed E-state index contributed by atoms with van der Waals surface area (Å²) in [6.45, 7) is 11.0. The fourth-order valence-electron chi connectivity index (χ4n) is 2.22. The highest BCUT2D eigenvalue weighted by atomic mass is 16.1. The van der Waals surface area contributed by atoms with E-state index in [4.69, 9.17) is 0 Å². The summed E-state index contributed by atoms with van der Waals surface area (Å²) in [6, 6.07) is 4.59. The SMILES string of the molecule is Cc1cc(C)c(C(=O)CCNC(C)C)c(C)c1. The van der Waals surface area contributed by atoms with Crippen molar-refractivity contribution >= 4 is 5.78 Å². The van der Waals surface area contributed by atoms with Crippen molar-refractivity contribution in [2.24, 2.45) is 0 Å². The van der Waals surface area contributed by atoms with Gasteiger partial charge in [-0.3, -0.25) is 4.79 Å². The van der Waals surface area contributed by atoms with E-state index in [1.807, 2.05) is 13.8 Å². The molecule has 0 amide bonds. The Morgan fingerprint density at radius 1 is 1.18 bits per heavy atom. The fraction of sp³-hybridized carbons (Fsp3) is 0.533. The zero-order chi connectivity index (χ0) is 13.0. The Bertz CT molecular complexity index is 384. The van der Waals surface area contributed by atoms with Gasteiger partial charge in [-0.25, -0.2) is 0 Å². The van der Waals surface area contributed by atoms with E-state index in [9.17, 15) is 4.79 Å². The Balaban J connectivity index is 2.76. The van der Waals surface area contributed by atoms with Crippen molar-refractivity contribution in [1.29, 1.82) is 0 Å². The maximum Gasteiger partial charge on any atom is 0.164 e. The van der Waals surface area contributed by atoms with Crippen LogP contribution < -0.4 is 5.32 Å². The lowest BCUT2D eigenvalue weighted by atomic mass is 9.95. The number of hydrogen-bond donors (Lipinski definition) is 1. The highest BCUT2D eigenvalue weighted by Crippen LogP contribution is 2.17. The van der Waals surface area contributed by atoms with Crippen molar-refractivity contribution in [3.63, 3.8) is 0 Å². The molecule has 0 bridgehead atoms. The van der Waals surface area contributed by atoms with Crippen molar-refractivity contribution in [3.05, 3.63) is 34.4 Å². The molecule has 1 aromatic carbocycles. The van der Waals surface area contributed by atoms with Gasteiger partial charge in [-0.15, -0.1) is 0 Å². The van der Waals surface area contributed by atoms with Crippen LogP contribution in [0, 0.1) is 20.8 Å². The summed E-state index contributed by atoms with van der Waals surface area (Å²) in [5.41, 5.74) is 4.31. The lowest BCUT2D eigenvalue weighted by Crippen LogP contribution is -2.25. The average Bonchev–Trinajstić information content (AvgIpc) is 2.14. The molecule has 0 spiro atoms. The number of carbonyl (C=O) groups excluding carboxylic acids is 1. The van der Waals surface area contributed by atoms with E-state index in [1.165, 1.54) is 5.56 Å². The molecular formula is C15H23NO. The Morgan fingerprint density at radius 2 is 1.71 bits per heavy atom. The molecule has 1 N–H and O–H groups in total. The number of rotatable bonds is 5. The first-order chi connectivity index (χ1) is 7.91. The molecule has 0 aliphatic carbocycles. The Morgan fingerprint density at radius 3 is 2.18 bits per heavy atom. The molecule has 1 aromatic rings. The molecule has 0 atom stereocenters. The summed E-state index contributed by atoms with van der Waals surface area (Å²) in [5.74, 6) is 0.244. The summed E-state index contributed by atoms with van der Waals surface area (Å²) < 4.78 is 0. The Hall–Kier alpha value is -1.15. The van der Waals surface area contributed by atoms with E-state index in [1.54, 1.807) is 0 Å². The average molecular weight is 233 g/mol. The molecule has 0 saturated heterocycles. The first kappa shape index (κ1) is 13.9. The van der Waals surface area contributed by atoms with Gasteiger partial charge in [0.15, 0.2) is 5.78 Å². The van der Waals surface area contributed by atoms with Gasteiger partial charge in [0.2, 0.25) is 0 Å². The minimum atomic E-state index is 0.244. The van der Waals surface area contributed by atoms with Crippen LogP contribution in [0.25, 0.3) is 0 Å². The number of Topliss-reactive ketones (excluding diaryl/α,β-unsaturated/α-hetero) is 1. The zero-order valence-electron chi connectivity index (χ0n) is 11.6. The van der Waals surface area contributed by atoms with Gasteiger partial charge in [0.1, 0.15) is 0 Å². The molecule has 2 nitrogen and oxygen atoms in total. The predicted octanol–water partition coefficient (Wildman–Crippen LogP) is 3.18. The lowest BCUT2D eigenvalue weighted by Gasteiger charge is -2.11. The van der Waals surface area contributed by atoms with Gasteiger partial charge in [-0.2, -0.15) is 0 Å². The molecule has 1 rings (SSSR count). The standard InChI is InChI=1S/C15H23NO/c1-10(2)16-7-6-14(17)15-12(4)8-11(3)9-13(15)5/h8-10,16H,6-7H2,1-5H3. The predicted molar refractivity (Wildman–Crippen MR) is 72.7 cm³/mol. The molecule has 0 aromatic heterocycles. The van der Waals surface area contributed by atoms with E-state index in [0.717, 1.165) is 23.2 Å². The molecule has 0 saturated carbocycles. The molecule has 0 unspecified atom stereocenters. The van der Waals surface area contributed by atoms with E-state index in [0.29, 0.717) is 12.5 Å². The van der Waals surface area contributed by atoms with Crippen molar-refractivity contribution in [2.45, 2.75) is 47.1 Å². The third-order valence-electron chi connectivity index (χ3n) is 2.86. The highest BCUT2D eigenvalue weighted by molar-refractivity contribution is 5.99. The second-order valence-electron chi connectivity index (χ2n) is 5.06. The van der Waals surface area contributed by atoms with Crippen LogP contribution in [0.4, 0.5) is 0 Å². The van der Waals surface area contributed by atoms with Crippen LogP contribution in [0.1, 0.15) is 47.3 Å². The molecule has 0 aliphatic heterocycles. The highest BCUT2D eigenvalue weighted by Gasteiger charge is 2.12. The molecular weight excluding hydrogens is 210 g/mol. The smallest absolute Gasteiger partial charge is 0.164 e. The molecule has 0 fully saturated rings. The molecule has 94 valence electrons. The maximum atomic E-state index is 12.1. The molecule has 0 heterocycles. The summed E-state index contributed by atoms with van der Waals surface area (Å²) >= 11 is 0. The number of ketones is 1. The van der Waals surface area contributed by atoms with Crippen LogP contribution in [-0.4, -0.2) is 18.4 Å². The Kier molecular flexibility index (Phi) is 4.88. The van der Waals surface area contributed by atoms with Gasteiger partial charge in [-0.05, 0) is 31.9 Å². The summed E-state index contributed by atoms with van der Waals surface area (Å²) in [7, 11) is 0. The number of nitrogens with one attached hydrogen (secondary N) is 1. The van der Waals surface area contributed by atoms with Crippen LogP contribution in [0.3, 0.4) is 0 Å². The quantitative estimate of drug-likeness (QED) is 0.791. The normalized spacial score (nSPS) is 10.9. The molecule has 17 heavy (non-hydrogen) atoms. The van der Waals surface area contributed by atoms with Crippen LogP contribution in [0.5, 0.6) is 0 Å². The zero-order valence-corrected chi connectivity index (χ0v) is 11.6. The van der Waals surface area contributed by atoms with E-state index in [2.05, 4.69) is 38.2 Å². The maximum absolute atomic E-state index is 12.1. The van der Waals surface area contributed by atoms with Crippen LogP contribution in [0.15, 0.2) is 12.1 Å². The number of carbonyl (C=O) groups is 1. The van der Waals surface area contributed by atoms with Gasteiger partial charge in [0.05, 0.1) is 0 Å². The molecule has 0 radical (unpaired) electrons. The third kappa shape index (κ3) is 3.97. The van der Waals surface area contributed by atoms with Crippen LogP contribution >= 0.6 is 0 Å². The fourth-order valence-corrected chi connectivity index (χ4v) is 2.22. The van der Waals surface area contributed by atoms with Crippen molar-refractivity contribution < 1.29 is 4.79 Å². The van der Waals surface area contributed by atoms with Gasteiger partial charge in [0, 0.05) is 24.6 Å². The number of hydrogen-bond acceptors (Lipinski definition) is 2. The lowest BCUT2D eigenvalue weighted by molar-refractivity contribution is 0.0981. The minimum Gasteiger partial charge on any atom is -0.314 e. The second kappa shape index (κ2) is 5.97. The van der Waals surface area contributed by atoms with Gasteiger partial charge in [0.25, 0.3) is 0 Å². The summed E-state index contributed by atoms with van der Waals surface area (Å²) in [6.07, 6.45) is 0.572. The van der Waals surface area contributed by atoms with Crippen LogP contribution in [0.2, 0.25) is 0 Å². The summed E-state index contributed by atoms with van der Waals surface area (Å²) in [5, 5.41) is 3.28. The van der Waals surface area contributed by atoms with E-state index >= 15 is 0 Å². The van der Waals surface area contributed by atoms with E-state index in [-0.39, 0.29) is 5.78 Å². The minimum absolute atomic E-state index is 0.244. The van der Waals surface area contributed by atoms with E-state index < -0.39 is 0 Å². The van der Waals surface area contributed by atoms with Crippen LogP contribution in [-0.2, 0) is 0 Å². The van der Waals surface area contributed by atoms with Crippen molar-refractivity contribution in [2.75, 3.05) is 6.54 Å². The second-order valence-corrected chi connectivity index (χ2v) is 5.06. The summed E-state index contributed by atoms with van der Waals surface area (Å²) in [4.78, 5) is 12.1.